The SMILES string of the molecule is C[C@H](N)C(=O)NC(=O)[C@@H]1CCCN1OC(=O)c1ccc([N+](=O)[O-])cc1. The van der Waals surface area contributed by atoms with Crippen molar-refractivity contribution in [1.82, 2.24) is 10.4 Å². The molecule has 10 nitrogen and oxygen atoms in total. The highest BCUT2D eigenvalue weighted by atomic mass is 16.7. The summed E-state index contributed by atoms with van der Waals surface area (Å²) in [5.41, 5.74) is 5.36. The van der Waals surface area contributed by atoms with Gasteiger partial charge in [-0.1, -0.05) is 0 Å². The first-order valence-electron chi connectivity index (χ1n) is 7.63. The van der Waals surface area contributed by atoms with Gasteiger partial charge in [-0.2, -0.15) is 0 Å². The summed E-state index contributed by atoms with van der Waals surface area (Å²) in [6.07, 6.45) is 1.03. The lowest BCUT2D eigenvalue weighted by Gasteiger charge is -2.22. The van der Waals surface area contributed by atoms with Crippen molar-refractivity contribution >= 4 is 23.5 Å². The molecule has 0 spiro atoms. The van der Waals surface area contributed by atoms with Gasteiger partial charge in [-0.15, -0.1) is 5.06 Å². The molecule has 1 aromatic carbocycles. The fourth-order valence-corrected chi connectivity index (χ4v) is 2.31. The number of nitro groups is 1. The van der Waals surface area contributed by atoms with E-state index < -0.39 is 34.8 Å². The average molecular weight is 350 g/mol. The summed E-state index contributed by atoms with van der Waals surface area (Å²) >= 11 is 0. The minimum absolute atomic E-state index is 0.114. The van der Waals surface area contributed by atoms with Crippen LogP contribution in [0.1, 0.15) is 30.1 Å². The van der Waals surface area contributed by atoms with Crippen molar-refractivity contribution in [2.45, 2.75) is 31.8 Å². The topological polar surface area (TPSA) is 145 Å². The molecule has 0 unspecified atom stereocenters. The third kappa shape index (κ3) is 4.58. The number of nitro benzene ring substituents is 1. The van der Waals surface area contributed by atoms with Crippen LogP contribution in [0, 0.1) is 10.1 Å². The van der Waals surface area contributed by atoms with E-state index in [0.29, 0.717) is 19.4 Å². The van der Waals surface area contributed by atoms with E-state index in [9.17, 15) is 24.5 Å². The number of nitrogens with one attached hydrogen (secondary N) is 1. The van der Waals surface area contributed by atoms with Crippen LogP contribution in [0.2, 0.25) is 0 Å². The van der Waals surface area contributed by atoms with Crippen molar-refractivity contribution in [3.63, 3.8) is 0 Å². The van der Waals surface area contributed by atoms with Crippen molar-refractivity contribution in [1.29, 1.82) is 0 Å². The summed E-state index contributed by atoms with van der Waals surface area (Å²) in [5, 5.41) is 14.0. The Morgan fingerprint density at radius 1 is 1.36 bits per heavy atom. The molecule has 0 aliphatic carbocycles. The molecule has 3 N–H and O–H groups in total. The van der Waals surface area contributed by atoms with Crippen LogP contribution in [0.5, 0.6) is 0 Å². The summed E-state index contributed by atoms with van der Waals surface area (Å²) in [5.74, 6) is -1.94. The Labute approximate surface area is 143 Å². The van der Waals surface area contributed by atoms with Crippen molar-refractivity contribution in [2.24, 2.45) is 5.73 Å². The smallest absolute Gasteiger partial charge is 0.357 e. The van der Waals surface area contributed by atoms with E-state index >= 15 is 0 Å². The zero-order valence-electron chi connectivity index (χ0n) is 13.5. The van der Waals surface area contributed by atoms with E-state index in [1.54, 1.807) is 0 Å². The second kappa shape index (κ2) is 7.81. The van der Waals surface area contributed by atoms with Gasteiger partial charge < -0.3 is 10.6 Å². The van der Waals surface area contributed by atoms with Gasteiger partial charge in [0.05, 0.1) is 16.5 Å². The van der Waals surface area contributed by atoms with E-state index in [1.807, 2.05) is 0 Å². The molecule has 1 fully saturated rings. The van der Waals surface area contributed by atoms with Crippen molar-refractivity contribution in [3.05, 3.63) is 39.9 Å². The molecule has 1 heterocycles. The number of non-ortho nitro benzene ring substituents is 1. The number of hydrogen-bond donors (Lipinski definition) is 2. The Bertz CT molecular complexity index is 688. The Hall–Kier alpha value is -2.85. The molecule has 0 bridgehead atoms. The van der Waals surface area contributed by atoms with Crippen LogP contribution >= 0.6 is 0 Å². The number of benzene rings is 1. The lowest BCUT2D eigenvalue weighted by Crippen LogP contribution is -2.49. The highest BCUT2D eigenvalue weighted by Crippen LogP contribution is 2.20. The van der Waals surface area contributed by atoms with E-state index in [1.165, 1.54) is 36.3 Å². The predicted octanol–water partition coefficient (Wildman–Crippen LogP) is 0.121. The fourth-order valence-electron chi connectivity index (χ4n) is 2.31. The molecule has 25 heavy (non-hydrogen) atoms. The Balaban J connectivity index is 2.00. The molecular formula is C15H18N4O6. The summed E-state index contributed by atoms with van der Waals surface area (Å²) in [6.45, 7) is 1.78. The van der Waals surface area contributed by atoms with Gasteiger partial charge in [0.25, 0.3) is 5.69 Å². The van der Waals surface area contributed by atoms with Gasteiger partial charge >= 0.3 is 5.97 Å². The van der Waals surface area contributed by atoms with Gasteiger partial charge in [-0.3, -0.25) is 25.0 Å². The summed E-state index contributed by atoms with van der Waals surface area (Å²) in [7, 11) is 0. The number of hydrogen-bond acceptors (Lipinski definition) is 8. The zero-order valence-corrected chi connectivity index (χ0v) is 13.5. The lowest BCUT2D eigenvalue weighted by atomic mass is 10.2. The predicted molar refractivity (Wildman–Crippen MR) is 85.0 cm³/mol. The highest BCUT2D eigenvalue weighted by molar-refractivity contribution is 5.99. The number of nitrogens with two attached hydrogens (primary N) is 1. The highest BCUT2D eigenvalue weighted by Gasteiger charge is 2.35. The van der Waals surface area contributed by atoms with Gasteiger partial charge in [0.1, 0.15) is 6.04 Å². The van der Waals surface area contributed by atoms with Crippen LogP contribution in [-0.4, -0.2) is 46.4 Å². The second-order valence-electron chi connectivity index (χ2n) is 5.62. The minimum atomic E-state index is -0.832. The first-order chi connectivity index (χ1) is 11.8. The average Bonchev–Trinajstić information content (AvgIpc) is 3.02. The number of amides is 2. The number of carbonyl (C=O) groups is 3. The molecule has 2 amide bonds. The maximum absolute atomic E-state index is 12.1. The number of imide groups is 1. The summed E-state index contributed by atoms with van der Waals surface area (Å²) in [6, 6.07) is 3.29. The molecule has 1 aromatic rings. The molecule has 1 saturated heterocycles. The van der Waals surface area contributed by atoms with Gasteiger partial charge in [0.2, 0.25) is 11.8 Å². The van der Waals surface area contributed by atoms with Crippen molar-refractivity contribution in [3.8, 4) is 0 Å². The second-order valence-corrected chi connectivity index (χ2v) is 5.62. The largest absolute Gasteiger partial charge is 0.363 e. The first kappa shape index (κ1) is 18.5. The molecule has 1 aliphatic heterocycles. The van der Waals surface area contributed by atoms with Crippen molar-refractivity contribution in [2.75, 3.05) is 6.54 Å². The minimum Gasteiger partial charge on any atom is -0.363 e. The number of rotatable bonds is 5. The lowest BCUT2D eigenvalue weighted by molar-refractivity contribution is -0.384. The number of carbonyl (C=O) groups excluding carboxylic acids is 3. The molecule has 2 rings (SSSR count). The maximum atomic E-state index is 12.1. The normalized spacial score (nSPS) is 18.4. The quantitative estimate of drug-likeness (QED) is 0.562. The van der Waals surface area contributed by atoms with E-state index in [0.717, 1.165) is 0 Å². The molecular weight excluding hydrogens is 332 g/mol. The maximum Gasteiger partial charge on any atom is 0.357 e. The van der Waals surface area contributed by atoms with Gasteiger partial charge in [0.15, 0.2) is 0 Å². The molecule has 0 aromatic heterocycles. The molecule has 134 valence electrons. The third-order valence-electron chi connectivity index (χ3n) is 3.68. The molecule has 0 saturated carbocycles. The standard InChI is InChI=1S/C15H18N4O6/c1-9(16)13(20)17-14(21)12-3-2-8-18(12)25-15(22)10-4-6-11(7-5-10)19(23)24/h4-7,9,12H,2-3,8,16H2,1H3,(H,17,20,21)/t9-,12-/m0/s1. The van der Waals surface area contributed by atoms with E-state index in [-0.39, 0.29) is 11.3 Å². The van der Waals surface area contributed by atoms with Crippen LogP contribution in [0.15, 0.2) is 24.3 Å². The van der Waals surface area contributed by atoms with Crippen LogP contribution in [-0.2, 0) is 14.4 Å². The van der Waals surface area contributed by atoms with Crippen LogP contribution in [0.25, 0.3) is 0 Å². The van der Waals surface area contributed by atoms with Gasteiger partial charge in [-0.25, -0.2) is 4.79 Å². The monoisotopic (exact) mass is 350 g/mol. The van der Waals surface area contributed by atoms with Crippen LogP contribution in [0.4, 0.5) is 5.69 Å². The fraction of sp³-hybridized carbons (Fsp3) is 0.400. The molecule has 1 aliphatic rings. The van der Waals surface area contributed by atoms with Gasteiger partial charge in [-0.05, 0) is 31.9 Å². The molecule has 0 radical (unpaired) electrons. The van der Waals surface area contributed by atoms with Crippen molar-refractivity contribution < 1.29 is 24.1 Å². The Morgan fingerprint density at radius 3 is 2.56 bits per heavy atom. The number of hydroxylamine groups is 2. The first-order valence-corrected chi connectivity index (χ1v) is 7.63. The van der Waals surface area contributed by atoms with E-state index in [2.05, 4.69) is 5.32 Å². The zero-order chi connectivity index (χ0) is 18.6. The third-order valence-corrected chi connectivity index (χ3v) is 3.68. The van der Waals surface area contributed by atoms with Crippen LogP contribution < -0.4 is 11.1 Å². The Kier molecular flexibility index (Phi) is 5.78. The van der Waals surface area contributed by atoms with Crippen LogP contribution in [0.3, 0.4) is 0 Å². The summed E-state index contributed by atoms with van der Waals surface area (Å²) < 4.78 is 0. The number of nitrogens with zero attached hydrogens (tertiary/aromatic N) is 2. The Morgan fingerprint density at radius 2 is 2.00 bits per heavy atom. The molecule has 2 atom stereocenters. The van der Waals surface area contributed by atoms with Gasteiger partial charge in [0, 0.05) is 18.7 Å². The molecule has 10 heteroatoms. The summed E-state index contributed by atoms with van der Waals surface area (Å²) in [4.78, 5) is 51.0. The van der Waals surface area contributed by atoms with E-state index in [4.69, 9.17) is 10.6 Å².